The fraction of sp³-hybridized carbons (Fsp3) is 0.480. The number of esters is 1. The van der Waals surface area contributed by atoms with E-state index < -0.39 is 29.9 Å². The summed E-state index contributed by atoms with van der Waals surface area (Å²) in [6, 6.07) is 7.10. The minimum absolute atomic E-state index is 0.101. The highest BCUT2D eigenvalue weighted by atomic mass is 16.5. The summed E-state index contributed by atoms with van der Waals surface area (Å²) in [5, 5.41) is 10.7. The first-order chi connectivity index (χ1) is 16.7. The quantitative estimate of drug-likeness (QED) is 0.253. The van der Waals surface area contributed by atoms with E-state index in [2.05, 4.69) is 21.3 Å². The Hall–Kier alpha value is -3.69. The van der Waals surface area contributed by atoms with E-state index in [9.17, 15) is 24.0 Å². The van der Waals surface area contributed by atoms with Crippen molar-refractivity contribution in [1.82, 2.24) is 21.3 Å². The first-order valence-corrected chi connectivity index (χ1v) is 11.8. The van der Waals surface area contributed by atoms with Crippen LogP contribution in [-0.2, 0) is 23.9 Å². The zero-order valence-corrected chi connectivity index (χ0v) is 20.3. The van der Waals surface area contributed by atoms with Gasteiger partial charge in [-0.3, -0.25) is 19.2 Å². The number of nitrogens with one attached hydrogen (secondary N) is 4. The van der Waals surface area contributed by atoms with Crippen LogP contribution in [0.4, 0.5) is 0 Å². The lowest BCUT2D eigenvalue weighted by molar-refractivity contribution is -0.137. The van der Waals surface area contributed by atoms with Gasteiger partial charge in [-0.15, -0.1) is 0 Å². The molecule has 1 heterocycles. The molecule has 1 aromatic rings. The van der Waals surface area contributed by atoms with Crippen LogP contribution < -0.4 is 21.3 Å². The molecule has 3 unspecified atom stereocenters. The molecule has 1 aliphatic rings. The average molecular weight is 487 g/mol. The van der Waals surface area contributed by atoms with Crippen LogP contribution in [-0.4, -0.2) is 61.4 Å². The maximum atomic E-state index is 12.7. The van der Waals surface area contributed by atoms with E-state index in [1.54, 1.807) is 51.1 Å². The summed E-state index contributed by atoms with van der Waals surface area (Å²) in [4.78, 5) is 61.4. The Balaban J connectivity index is 1.95. The summed E-state index contributed by atoms with van der Waals surface area (Å²) in [5.74, 6) is -2.53. The maximum absolute atomic E-state index is 12.7. The number of ether oxygens (including phenoxy) is 1. The molecule has 0 spiro atoms. The van der Waals surface area contributed by atoms with Gasteiger partial charge in [0.2, 0.25) is 17.7 Å². The van der Waals surface area contributed by atoms with E-state index >= 15 is 0 Å². The van der Waals surface area contributed by atoms with Gasteiger partial charge in [-0.05, 0) is 37.8 Å². The number of rotatable bonds is 12. The van der Waals surface area contributed by atoms with Crippen molar-refractivity contribution in [3.63, 3.8) is 0 Å². The molecule has 1 aliphatic heterocycles. The summed E-state index contributed by atoms with van der Waals surface area (Å²) in [6.45, 7) is 5.71. The van der Waals surface area contributed by atoms with Gasteiger partial charge in [0.25, 0.3) is 5.91 Å². The van der Waals surface area contributed by atoms with Crippen LogP contribution in [0, 0.1) is 11.8 Å². The molecule has 35 heavy (non-hydrogen) atoms. The van der Waals surface area contributed by atoms with Gasteiger partial charge < -0.3 is 26.0 Å². The molecule has 0 saturated carbocycles. The number of carbonyl (C=O) groups excluding carboxylic acids is 5. The molecule has 2 rings (SSSR count). The molecule has 4 amide bonds. The van der Waals surface area contributed by atoms with Gasteiger partial charge in [-0.25, -0.2) is 4.79 Å². The molecule has 0 radical (unpaired) electrons. The number of hydrogen-bond donors (Lipinski definition) is 4. The zero-order valence-electron chi connectivity index (χ0n) is 20.3. The van der Waals surface area contributed by atoms with Crippen LogP contribution >= 0.6 is 0 Å². The van der Waals surface area contributed by atoms with Crippen LogP contribution in [0.5, 0.6) is 0 Å². The number of carbonyl (C=O) groups is 5. The number of amides is 4. The lowest BCUT2D eigenvalue weighted by atomic mass is 9.98. The molecule has 10 heteroatoms. The second-order valence-corrected chi connectivity index (χ2v) is 8.58. The molecular weight excluding hydrogens is 452 g/mol. The normalized spacial score (nSPS) is 16.9. The summed E-state index contributed by atoms with van der Waals surface area (Å²) in [7, 11) is 0. The van der Waals surface area contributed by atoms with Crippen LogP contribution in [0.3, 0.4) is 0 Å². The first kappa shape index (κ1) is 27.6. The van der Waals surface area contributed by atoms with Crippen molar-refractivity contribution in [1.29, 1.82) is 0 Å². The monoisotopic (exact) mass is 486 g/mol. The first-order valence-electron chi connectivity index (χ1n) is 11.8. The second kappa shape index (κ2) is 13.9. The maximum Gasteiger partial charge on any atom is 0.330 e. The van der Waals surface area contributed by atoms with Crippen molar-refractivity contribution in [3.05, 3.63) is 48.0 Å². The minimum atomic E-state index is -0.836. The Labute approximate surface area is 205 Å². The predicted molar refractivity (Wildman–Crippen MR) is 129 cm³/mol. The molecule has 4 N–H and O–H groups in total. The third kappa shape index (κ3) is 9.23. The summed E-state index contributed by atoms with van der Waals surface area (Å²) < 4.78 is 4.87. The zero-order chi connectivity index (χ0) is 25.8. The van der Waals surface area contributed by atoms with Gasteiger partial charge in [-0.1, -0.05) is 38.1 Å². The largest absolute Gasteiger partial charge is 0.463 e. The summed E-state index contributed by atoms with van der Waals surface area (Å²) >= 11 is 0. The highest BCUT2D eigenvalue weighted by molar-refractivity contribution is 5.98. The molecule has 0 aromatic heterocycles. The number of hydrogen-bond acceptors (Lipinski definition) is 6. The summed E-state index contributed by atoms with van der Waals surface area (Å²) in [6.07, 6.45) is 3.64. The van der Waals surface area contributed by atoms with Gasteiger partial charge in [-0.2, -0.15) is 0 Å². The van der Waals surface area contributed by atoms with Crippen molar-refractivity contribution in [2.75, 3.05) is 19.7 Å². The lowest BCUT2D eigenvalue weighted by Gasteiger charge is -2.22. The van der Waals surface area contributed by atoms with Crippen LogP contribution in [0.2, 0.25) is 0 Å². The van der Waals surface area contributed by atoms with E-state index in [1.807, 2.05) is 0 Å². The van der Waals surface area contributed by atoms with E-state index in [-0.39, 0.29) is 36.8 Å². The third-order valence-electron chi connectivity index (χ3n) is 5.49. The highest BCUT2D eigenvalue weighted by Gasteiger charge is 2.28. The van der Waals surface area contributed by atoms with Crippen LogP contribution in [0.25, 0.3) is 0 Å². The van der Waals surface area contributed by atoms with E-state index in [4.69, 9.17) is 4.74 Å². The smallest absolute Gasteiger partial charge is 0.330 e. The topological polar surface area (TPSA) is 143 Å². The molecule has 0 bridgehead atoms. The predicted octanol–water partition coefficient (Wildman–Crippen LogP) is 0.688. The van der Waals surface area contributed by atoms with Crippen molar-refractivity contribution >= 4 is 29.6 Å². The van der Waals surface area contributed by atoms with Gasteiger partial charge in [0.1, 0.15) is 6.04 Å². The molecule has 1 aromatic carbocycles. The van der Waals surface area contributed by atoms with Crippen LogP contribution in [0.1, 0.15) is 44.0 Å². The van der Waals surface area contributed by atoms with Gasteiger partial charge in [0, 0.05) is 30.1 Å². The Morgan fingerprint density at radius 3 is 2.46 bits per heavy atom. The molecule has 1 saturated heterocycles. The van der Waals surface area contributed by atoms with Crippen LogP contribution in [0.15, 0.2) is 42.5 Å². The Bertz CT molecular complexity index is 931. The Morgan fingerprint density at radius 1 is 1.14 bits per heavy atom. The van der Waals surface area contributed by atoms with Crippen molar-refractivity contribution < 1.29 is 28.7 Å². The van der Waals surface area contributed by atoms with Gasteiger partial charge >= 0.3 is 5.97 Å². The third-order valence-corrected chi connectivity index (χ3v) is 5.49. The molecule has 0 aliphatic carbocycles. The molecule has 1 fully saturated rings. The Kier molecular flexibility index (Phi) is 10.9. The second-order valence-electron chi connectivity index (χ2n) is 8.58. The highest BCUT2D eigenvalue weighted by Crippen LogP contribution is 2.17. The number of benzene rings is 1. The lowest BCUT2D eigenvalue weighted by Crippen LogP contribution is -2.52. The van der Waals surface area contributed by atoms with E-state index in [0.717, 1.165) is 0 Å². The molecule has 190 valence electrons. The Morgan fingerprint density at radius 2 is 1.86 bits per heavy atom. The van der Waals surface area contributed by atoms with Crippen molar-refractivity contribution in [2.45, 2.75) is 45.7 Å². The molecular formula is C25H34N4O6. The molecule has 3 atom stereocenters. The van der Waals surface area contributed by atoms with Crippen molar-refractivity contribution in [2.24, 2.45) is 11.8 Å². The summed E-state index contributed by atoms with van der Waals surface area (Å²) in [5.41, 5.74) is 0.427. The van der Waals surface area contributed by atoms with Crippen molar-refractivity contribution in [3.8, 4) is 0 Å². The van der Waals surface area contributed by atoms with Gasteiger partial charge in [0.15, 0.2) is 0 Å². The van der Waals surface area contributed by atoms with Gasteiger partial charge in [0.05, 0.1) is 13.2 Å². The fourth-order valence-electron chi connectivity index (χ4n) is 3.63. The average Bonchev–Trinajstić information content (AvgIpc) is 3.24. The SMILES string of the molecule is CCOC(=O)/C=C/C(CC1CCNC1=O)NC(=O)CNC(=O)C(NC(=O)c1ccccc1)C(C)C. The fourth-order valence-corrected chi connectivity index (χ4v) is 3.63. The van der Waals surface area contributed by atoms with E-state index in [0.29, 0.717) is 24.9 Å². The standard InChI is InChI=1S/C25H34N4O6/c1-4-35-21(31)11-10-19(14-18-12-13-26-23(18)32)28-20(30)15-27-25(34)22(16(2)3)29-24(33)17-8-6-5-7-9-17/h5-11,16,18-19,22H,4,12-15H2,1-3H3,(H,26,32)(H,27,34)(H,28,30)(H,29,33)/b11-10+. The molecule has 10 nitrogen and oxygen atoms in total. The minimum Gasteiger partial charge on any atom is -0.463 e. The van der Waals surface area contributed by atoms with E-state index in [1.165, 1.54) is 12.2 Å².